The number of benzene rings is 1. The fourth-order valence-corrected chi connectivity index (χ4v) is 4.27. The molecule has 1 aliphatic rings. The second-order valence-electron chi connectivity index (χ2n) is 10.2. The second-order valence-corrected chi connectivity index (χ2v) is 10.2. The van der Waals surface area contributed by atoms with Crippen molar-refractivity contribution in [3.63, 3.8) is 0 Å². The molecule has 2 amide bonds. The number of hydrogen-bond donors (Lipinski definition) is 1. The number of carbonyl (C=O) groups excluding carboxylic acids is 3. The first-order valence-corrected chi connectivity index (χ1v) is 12.0. The van der Waals surface area contributed by atoms with Gasteiger partial charge in [0, 0.05) is 37.0 Å². The Bertz CT molecular complexity index is 1090. The Kier molecular flexibility index (Phi) is 7.87. The number of imidazole rings is 1. The molecule has 0 spiro atoms. The normalized spacial score (nSPS) is 17.7. The summed E-state index contributed by atoms with van der Waals surface area (Å²) in [5.41, 5.74) is 2.66. The SMILES string of the molecule is CC(=O)N1c2ccc(-c3cn(CCC(=O)OC(C)(C)C)cn3)cc2C(NC(=O)OC(C)C)CC1C. The Morgan fingerprint density at radius 1 is 1.23 bits per heavy atom. The molecule has 0 aliphatic carbocycles. The Balaban J connectivity index is 1.84. The Morgan fingerprint density at radius 3 is 2.57 bits per heavy atom. The third-order valence-electron chi connectivity index (χ3n) is 5.58. The number of amides is 2. The molecular formula is C26H36N4O5. The molecule has 9 heteroatoms. The monoisotopic (exact) mass is 484 g/mol. The van der Waals surface area contributed by atoms with Gasteiger partial charge in [0.15, 0.2) is 0 Å². The van der Waals surface area contributed by atoms with E-state index in [0.717, 1.165) is 22.5 Å². The maximum atomic E-state index is 12.4. The summed E-state index contributed by atoms with van der Waals surface area (Å²) in [5.74, 6) is -0.316. The van der Waals surface area contributed by atoms with Crippen molar-refractivity contribution in [3.05, 3.63) is 36.3 Å². The number of nitrogens with one attached hydrogen (secondary N) is 1. The van der Waals surface area contributed by atoms with Crippen molar-refractivity contribution >= 4 is 23.7 Å². The van der Waals surface area contributed by atoms with E-state index in [2.05, 4.69) is 10.3 Å². The Hall–Kier alpha value is -3.36. The third-order valence-corrected chi connectivity index (χ3v) is 5.58. The van der Waals surface area contributed by atoms with Crippen LogP contribution in [-0.2, 0) is 25.6 Å². The molecule has 1 aromatic carbocycles. The highest BCUT2D eigenvalue weighted by atomic mass is 16.6. The van der Waals surface area contributed by atoms with Gasteiger partial charge in [-0.2, -0.15) is 0 Å². The lowest BCUT2D eigenvalue weighted by molar-refractivity contribution is -0.155. The van der Waals surface area contributed by atoms with Crippen LogP contribution in [0.5, 0.6) is 0 Å². The van der Waals surface area contributed by atoms with Gasteiger partial charge in [0.1, 0.15) is 5.60 Å². The van der Waals surface area contributed by atoms with Gasteiger partial charge in [-0.25, -0.2) is 9.78 Å². The lowest BCUT2D eigenvalue weighted by Gasteiger charge is -2.39. The van der Waals surface area contributed by atoms with Crippen LogP contribution in [0.3, 0.4) is 0 Å². The molecule has 35 heavy (non-hydrogen) atoms. The van der Waals surface area contributed by atoms with Gasteiger partial charge in [-0.05, 0) is 65.7 Å². The summed E-state index contributed by atoms with van der Waals surface area (Å²) >= 11 is 0. The number of alkyl carbamates (subject to hydrolysis) is 1. The van der Waals surface area contributed by atoms with Crippen molar-refractivity contribution in [2.75, 3.05) is 4.90 Å². The number of aromatic nitrogens is 2. The van der Waals surface area contributed by atoms with E-state index in [1.807, 2.05) is 56.7 Å². The molecule has 2 atom stereocenters. The van der Waals surface area contributed by atoms with Crippen LogP contribution >= 0.6 is 0 Å². The molecule has 1 aliphatic heterocycles. The summed E-state index contributed by atoms with van der Waals surface area (Å²) < 4.78 is 12.5. The van der Waals surface area contributed by atoms with Gasteiger partial charge in [-0.15, -0.1) is 0 Å². The van der Waals surface area contributed by atoms with Crippen molar-refractivity contribution in [2.24, 2.45) is 0 Å². The summed E-state index contributed by atoms with van der Waals surface area (Å²) in [6.45, 7) is 13.1. The van der Waals surface area contributed by atoms with E-state index >= 15 is 0 Å². The number of carbonyl (C=O) groups is 3. The molecule has 0 saturated carbocycles. The first-order chi connectivity index (χ1) is 16.3. The molecule has 2 unspecified atom stereocenters. The van der Waals surface area contributed by atoms with Crippen LogP contribution in [0.15, 0.2) is 30.7 Å². The fourth-order valence-electron chi connectivity index (χ4n) is 4.27. The quantitative estimate of drug-likeness (QED) is 0.601. The van der Waals surface area contributed by atoms with E-state index in [9.17, 15) is 14.4 Å². The fraction of sp³-hybridized carbons (Fsp3) is 0.538. The molecule has 1 aromatic heterocycles. The molecule has 0 bridgehead atoms. The minimum Gasteiger partial charge on any atom is -0.460 e. The summed E-state index contributed by atoms with van der Waals surface area (Å²) in [4.78, 5) is 43.0. The van der Waals surface area contributed by atoms with Crippen LogP contribution in [0.25, 0.3) is 11.3 Å². The molecule has 2 aromatic rings. The molecular weight excluding hydrogens is 448 g/mol. The van der Waals surface area contributed by atoms with E-state index in [1.54, 1.807) is 32.0 Å². The van der Waals surface area contributed by atoms with Crippen LogP contribution in [0, 0.1) is 0 Å². The van der Waals surface area contributed by atoms with Crippen molar-refractivity contribution < 1.29 is 23.9 Å². The first-order valence-electron chi connectivity index (χ1n) is 12.0. The van der Waals surface area contributed by atoms with Gasteiger partial charge in [0.25, 0.3) is 0 Å². The van der Waals surface area contributed by atoms with E-state index in [4.69, 9.17) is 9.47 Å². The van der Waals surface area contributed by atoms with E-state index in [1.165, 1.54) is 0 Å². The zero-order valence-electron chi connectivity index (χ0n) is 21.6. The molecule has 1 N–H and O–H groups in total. The zero-order chi connectivity index (χ0) is 25.9. The maximum Gasteiger partial charge on any atom is 0.407 e. The lowest BCUT2D eigenvalue weighted by Crippen LogP contribution is -2.45. The van der Waals surface area contributed by atoms with Crippen LogP contribution in [0.4, 0.5) is 10.5 Å². The van der Waals surface area contributed by atoms with Crippen LogP contribution in [0.2, 0.25) is 0 Å². The average Bonchev–Trinajstić information content (AvgIpc) is 3.19. The van der Waals surface area contributed by atoms with Crippen LogP contribution in [0.1, 0.15) is 72.9 Å². The van der Waals surface area contributed by atoms with Crippen molar-refractivity contribution in [2.45, 2.75) is 91.6 Å². The highest BCUT2D eigenvalue weighted by Gasteiger charge is 2.34. The van der Waals surface area contributed by atoms with Gasteiger partial charge in [0.2, 0.25) is 5.91 Å². The molecule has 3 rings (SSSR count). The second kappa shape index (κ2) is 10.5. The maximum absolute atomic E-state index is 12.4. The van der Waals surface area contributed by atoms with Crippen molar-refractivity contribution in [1.29, 1.82) is 0 Å². The number of hydrogen-bond acceptors (Lipinski definition) is 6. The summed E-state index contributed by atoms with van der Waals surface area (Å²) in [5, 5.41) is 2.96. The zero-order valence-corrected chi connectivity index (χ0v) is 21.6. The Labute approximate surface area is 206 Å². The standard InChI is InChI=1S/C26H36N4O5/c1-16(2)34-25(33)28-21-12-17(3)30(18(4)31)23-9-8-19(13-20(21)23)22-14-29(15-27-22)11-10-24(32)35-26(5,6)7/h8-9,13-17,21H,10-12H2,1-7H3,(H,28,33). The number of fused-ring (bicyclic) bond motifs is 1. The number of aryl methyl sites for hydroxylation is 1. The minimum atomic E-state index is -0.516. The smallest absolute Gasteiger partial charge is 0.407 e. The Morgan fingerprint density at radius 2 is 1.94 bits per heavy atom. The number of ether oxygens (including phenoxy) is 2. The van der Waals surface area contributed by atoms with Gasteiger partial charge in [-0.3, -0.25) is 9.59 Å². The molecule has 190 valence electrons. The number of rotatable bonds is 6. The summed E-state index contributed by atoms with van der Waals surface area (Å²) in [6.07, 6.45) is 3.63. The lowest BCUT2D eigenvalue weighted by atomic mass is 9.90. The third kappa shape index (κ3) is 6.83. The van der Waals surface area contributed by atoms with Crippen LogP contribution < -0.4 is 10.2 Å². The van der Waals surface area contributed by atoms with E-state index < -0.39 is 11.7 Å². The van der Waals surface area contributed by atoms with Gasteiger partial charge in [0.05, 0.1) is 30.6 Å². The number of nitrogens with zero attached hydrogens (tertiary/aromatic N) is 3. The van der Waals surface area contributed by atoms with E-state index in [-0.39, 0.29) is 36.5 Å². The first kappa shape index (κ1) is 26.2. The average molecular weight is 485 g/mol. The molecule has 0 radical (unpaired) electrons. The number of esters is 1. The predicted octanol–water partition coefficient (Wildman–Crippen LogP) is 4.60. The predicted molar refractivity (Wildman–Crippen MR) is 133 cm³/mol. The van der Waals surface area contributed by atoms with Gasteiger partial charge >= 0.3 is 12.1 Å². The highest BCUT2D eigenvalue weighted by molar-refractivity contribution is 5.94. The largest absolute Gasteiger partial charge is 0.460 e. The highest BCUT2D eigenvalue weighted by Crippen LogP contribution is 2.39. The molecule has 0 saturated heterocycles. The topological polar surface area (TPSA) is 103 Å². The van der Waals surface area contributed by atoms with Crippen molar-refractivity contribution in [3.8, 4) is 11.3 Å². The molecule has 0 fully saturated rings. The minimum absolute atomic E-state index is 0.0545. The molecule has 2 heterocycles. The van der Waals surface area contributed by atoms with Crippen molar-refractivity contribution in [1.82, 2.24) is 14.9 Å². The molecule has 9 nitrogen and oxygen atoms in total. The van der Waals surface area contributed by atoms with Gasteiger partial charge in [-0.1, -0.05) is 6.07 Å². The number of anilines is 1. The summed E-state index contributed by atoms with van der Waals surface area (Å²) in [6, 6.07) is 5.37. The van der Waals surface area contributed by atoms with Crippen LogP contribution in [-0.4, -0.2) is 45.3 Å². The van der Waals surface area contributed by atoms with E-state index in [0.29, 0.717) is 13.0 Å². The summed E-state index contributed by atoms with van der Waals surface area (Å²) in [7, 11) is 0. The van der Waals surface area contributed by atoms with Gasteiger partial charge < -0.3 is 24.3 Å².